The van der Waals surface area contributed by atoms with Gasteiger partial charge in [0, 0.05) is 19.6 Å². The zero-order chi connectivity index (χ0) is 19.6. The molecule has 1 aromatic rings. The van der Waals surface area contributed by atoms with Crippen molar-refractivity contribution in [2.75, 3.05) is 39.4 Å². The SMILES string of the molecule is CCNC(=NCCOc1c(C)cccc1C)N1CCC(C(=O)OCC)CC1. The van der Waals surface area contributed by atoms with Gasteiger partial charge in [0.15, 0.2) is 5.96 Å². The summed E-state index contributed by atoms with van der Waals surface area (Å²) in [7, 11) is 0. The average Bonchev–Trinajstić information content (AvgIpc) is 2.66. The molecule has 1 heterocycles. The molecular weight excluding hydrogens is 342 g/mol. The minimum absolute atomic E-state index is 0.0106. The predicted molar refractivity (Wildman–Crippen MR) is 108 cm³/mol. The van der Waals surface area contributed by atoms with Crippen LogP contribution in [-0.4, -0.2) is 56.2 Å². The number of rotatable bonds is 7. The topological polar surface area (TPSA) is 63.2 Å². The zero-order valence-corrected chi connectivity index (χ0v) is 17.1. The molecule has 0 saturated carbocycles. The monoisotopic (exact) mass is 375 g/mol. The van der Waals surface area contributed by atoms with E-state index in [1.165, 1.54) is 0 Å². The Labute approximate surface area is 162 Å². The lowest BCUT2D eigenvalue weighted by molar-refractivity contribution is -0.149. The van der Waals surface area contributed by atoms with Crippen LogP contribution in [0.5, 0.6) is 5.75 Å². The summed E-state index contributed by atoms with van der Waals surface area (Å²) in [5, 5.41) is 3.35. The third-order valence-electron chi connectivity index (χ3n) is 4.76. The van der Waals surface area contributed by atoms with Crippen molar-refractivity contribution in [1.29, 1.82) is 0 Å². The van der Waals surface area contributed by atoms with Crippen LogP contribution in [0.1, 0.15) is 37.8 Å². The van der Waals surface area contributed by atoms with Gasteiger partial charge in [-0.3, -0.25) is 4.79 Å². The number of guanidine groups is 1. The van der Waals surface area contributed by atoms with Gasteiger partial charge in [0.25, 0.3) is 0 Å². The Morgan fingerprint density at radius 3 is 2.48 bits per heavy atom. The normalized spacial score (nSPS) is 15.6. The van der Waals surface area contributed by atoms with Crippen LogP contribution < -0.4 is 10.1 Å². The summed E-state index contributed by atoms with van der Waals surface area (Å²) in [6, 6.07) is 6.16. The van der Waals surface area contributed by atoms with Crippen molar-refractivity contribution in [2.24, 2.45) is 10.9 Å². The maximum atomic E-state index is 11.9. The number of likely N-dealkylation sites (tertiary alicyclic amines) is 1. The van der Waals surface area contributed by atoms with Crippen molar-refractivity contribution < 1.29 is 14.3 Å². The Balaban J connectivity index is 1.86. The summed E-state index contributed by atoms with van der Waals surface area (Å²) in [6.45, 7) is 12.1. The molecule has 0 aliphatic carbocycles. The quantitative estimate of drug-likeness (QED) is 0.344. The Bertz CT molecular complexity index is 617. The second kappa shape index (κ2) is 10.8. The first kappa shape index (κ1) is 21.1. The first-order chi connectivity index (χ1) is 13.1. The van der Waals surface area contributed by atoms with Crippen molar-refractivity contribution in [3.05, 3.63) is 29.3 Å². The van der Waals surface area contributed by atoms with Crippen LogP contribution in [0, 0.1) is 19.8 Å². The molecule has 1 fully saturated rings. The van der Waals surface area contributed by atoms with Gasteiger partial charge in [-0.15, -0.1) is 0 Å². The maximum absolute atomic E-state index is 11.9. The van der Waals surface area contributed by atoms with Crippen LogP contribution in [-0.2, 0) is 9.53 Å². The molecule has 0 atom stereocenters. The molecule has 0 unspecified atom stereocenters. The van der Waals surface area contributed by atoms with Gasteiger partial charge in [-0.05, 0) is 51.7 Å². The number of aryl methyl sites for hydroxylation is 2. The molecule has 0 aromatic heterocycles. The molecule has 1 aliphatic heterocycles. The Morgan fingerprint density at radius 1 is 1.22 bits per heavy atom. The fourth-order valence-corrected chi connectivity index (χ4v) is 3.34. The second-order valence-corrected chi connectivity index (χ2v) is 6.82. The highest BCUT2D eigenvalue weighted by atomic mass is 16.5. The number of piperidine rings is 1. The van der Waals surface area contributed by atoms with Gasteiger partial charge >= 0.3 is 5.97 Å². The molecule has 1 aliphatic rings. The van der Waals surface area contributed by atoms with E-state index in [4.69, 9.17) is 14.5 Å². The van der Waals surface area contributed by atoms with Gasteiger partial charge < -0.3 is 19.7 Å². The molecule has 0 radical (unpaired) electrons. The third-order valence-corrected chi connectivity index (χ3v) is 4.76. The molecule has 0 amide bonds. The summed E-state index contributed by atoms with van der Waals surface area (Å²) in [5.41, 5.74) is 2.29. The number of benzene rings is 1. The van der Waals surface area contributed by atoms with E-state index >= 15 is 0 Å². The van der Waals surface area contributed by atoms with E-state index < -0.39 is 0 Å². The lowest BCUT2D eigenvalue weighted by Crippen LogP contribution is -2.46. The van der Waals surface area contributed by atoms with Crippen LogP contribution in [0.4, 0.5) is 0 Å². The standard InChI is InChI=1S/C21H33N3O3/c1-5-22-21(24-13-10-18(11-14-24)20(25)26-6-2)23-12-15-27-19-16(3)8-7-9-17(19)4/h7-9,18H,5-6,10-15H2,1-4H3,(H,22,23). The molecule has 2 rings (SSSR count). The van der Waals surface area contributed by atoms with E-state index in [9.17, 15) is 4.79 Å². The summed E-state index contributed by atoms with van der Waals surface area (Å²) >= 11 is 0. The van der Waals surface area contributed by atoms with E-state index in [2.05, 4.69) is 43.1 Å². The maximum Gasteiger partial charge on any atom is 0.309 e. The summed E-state index contributed by atoms with van der Waals surface area (Å²) < 4.78 is 11.1. The minimum Gasteiger partial charge on any atom is -0.491 e. The molecule has 27 heavy (non-hydrogen) atoms. The van der Waals surface area contributed by atoms with Gasteiger partial charge in [0.05, 0.1) is 19.1 Å². The zero-order valence-electron chi connectivity index (χ0n) is 17.1. The van der Waals surface area contributed by atoms with Gasteiger partial charge in [-0.1, -0.05) is 18.2 Å². The fourth-order valence-electron chi connectivity index (χ4n) is 3.34. The number of para-hydroxylation sites is 1. The molecule has 1 saturated heterocycles. The van der Waals surface area contributed by atoms with E-state index in [0.717, 1.165) is 55.3 Å². The summed E-state index contributed by atoms with van der Waals surface area (Å²) in [6.07, 6.45) is 1.62. The highest BCUT2D eigenvalue weighted by Gasteiger charge is 2.27. The molecule has 150 valence electrons. The second-order valence-electron chi connectivity index (χ2n) is 6.82. The minimum atomic E-state index is -0.0684. The lowest BCUT2D eigenvalue weighted by Gasteiger charge is -2.33. The van der Waals surface area contributed by atoms with Crippen LogP contribution >= 0.6 is 0 Å². The Kier molecular flexibility index (Phi) is 8.43. The van der Waals surface area contributed by atoms with Crippen molar-refractivity contribution in [3.63, 3.8) is 0 Å². The number of nitrogens with zero attached hydrogens (tertiary/aromatic N) is 2. The number of carbonyl (C=O) groups is 1. The van der Waals surface area contributed by atoms with Crippen LogP contribution in [0.3, 0.4) is 0 Å². The predicted octanol–water partition coefficient (Wildman–Crippen LogP) is 2.92. The van der Waals surface area contributed by atoms with E-state index in [1.807, 2.05) is 13.0 Å². The molecule has 0 bridgehead atoms. The highest BCUT2D eigenvalue weighted by Crippen LogP contribution is 2.22. The van der Waals surface area contributed by atoms with Crippen molar-refractivity contribution in [2.45, 2.75) is 40.5 Å². The van der Waals surface area contributed by atoms with E-state index in [1.54, 1.807) is 0 Å². The number of ether oxygens (including phenoxy) is 2. The highest BCUT2D eigenvalue weighted by molar-refractivity contribution is 5.80. The van der Waals surface area contributed by atoms with Gasteiger partial charge in [-0.25, -0.2) is 4.99 Å². The molecule has 6 heteroatoms. The molecular formula is C21H33N3O3. The largest absolute Gasteiger partial charge is 0.491 e. The molecule has 6 nitrogen and oxygen atoms in total. The first-order valence-corrected chi connectivity index (χ1v) is 9.95. The molecule has 1 N–H and O–H groups in total. The van der Waals surface area contributed by atoms with Gasteiger partial charge in [0.1, 0.15) is 12.4 Å². The molecule has 1 aromatic carbocycles. The fraction of sp³-hybridized carbons (Fsp3) is 0.619. The van der Waals surface area contributed by atoms with Crippen LogP contribution in [0.15, 0.2) is 23.2 Å². The number of hydrogen-bond acceptors (Lipinski definition) is 4. The first-order valence-electron chi connectivity index (χ1n) is 9.95. The summed E-state index contributed by atoms with van der Waals surface area (Å²) in [5.74, 6) is 1.79. The lowest BCUT2D eigenvalue weighted by atomic mass is 9.97. The Hall–Kier alpha value is -2.24. The molecule has 0 spiro atoms. The van der Waals surface area contributed by atoms with E-state index in [-0.39, 0.29) is 11.9 Å². The van der Waals surface area contributed by atoms with Crippen molar-refractivity contribution >= 4 is 11.9 Å². The third kappa shape index (κ3) is 6.15. The number of hydrogen-bond donors (Lipinski definition) is 1. The van der Waals surface area contributed by atoms with Crippen LogP contribution in [0.25, 0.3) is 0 Å². The Morgan fingerprint density at radius 2 is 1.89 bits per heavy atom. The smallest absolute Gasteiger partial charge is 0.309 e. The van der Waals surface area contributed by atoms with Crippen LogP contribution in [0.2, 0.25) is 0 Å². The van der Waals surface area contributed by atoms with Gasteiger partial charge in [0.2, 0.25) is 0 Å². The summed E-state index contributed by atoms with van der Waals surface area (Å²) in [4.78, 5) is 18.8. The van der Waals surface area contributed by atoms with Gasteiger partial charge in [-0.2, -0.15) is 0 Å². The number of carbonyl (C=O) groups excluding carboxylic acids is 1. The van der Waals surface area contributed by atoms with Crippen molar-refractivity contribution in [1.82, 2.24) is 10.2 Å². The number of nitrogens with one attached hydrogen (secondary N) is 1. The number of aliphatic imine (C=N–C) groups is 1. The number of esters is 1. The van der Waals surface area contributed by atoms with E-state index in [0.29, 0.717) is 19.8 Å². The average molecular weight is 376 g/mol. The van der Waals surface area contributed by atoms with Crippen molar-refractivity contribution in [3.8, 4) is 5.75 Å².